The molecule has 1 unspecified atom stereocenters. The van der Waals surface area contributed by atoms with E-state index in [9.17, 15) is 0 Å². The highest BCUT2D eigenvalue weighted by molar-refractivity contribution is 5.43. The van der Waals surface area contributed by atoms with Crippen LogP contribution in [-0.4, -0.2) is 30.0 Å². The van der Waals surface area contributed by atoms with Crippen LogP contribution in [0.3, 0.4) is 0 Å². The van der Waals surface area contributed by atoms with E-state index in [1.165, 1.54) is 12.0 Å². The Morgan fingerprint density at radius 3 is 2.82 bits per heavy atom. The van der Waals surface area contributed by atoms with E-state index in [-0.39, 0.29) is 0 Å². The lowest BCUT2D eigenvalue weighted by atomic mass is 10.1. The Morgan fingerprint density at radius 1 is 1.41 bits per heavy atom. The fourth-order valence-corrected chi connectivity index (χ4v) is 1.91. The number of hydrogen-bond acceptors (Lipinski definition) is 3. The Morgan fingerprint density at radius 2 is 2.18 bits per heavy atom. The lowest BCUT2D eigenvalue weighted by molar-refractivity contribution is 0.275. The van der Waals surface area contributed by atoms with Gasteiger partial charge in [0.1, 0.15) is 5.82 Å². The van der Waals surface area contributed by atoms with E-state index in [1.807, 2.05) is 12.3 Å². The van der Waals surface area contributed by atoms with Gasteiger partial charge in [-0.1, -0.05) is 26.3 Å². The first kappa shape index (κ1) is 14.0. The highest BCUT2D eigenvalue weighted by Gasteiger charge is 2.08. The van der Waals surface area contributed by atoms with Gasteiger partial charge in [0.05, 0.1) is 0 Å². The molecular formula is C14H25N3. The molecule has 0 saturated heterocycles. The third kappa shape index (κ3) is 4.73. The number of anilines is 1. The molecule has 3 heteroatoms. The molecule has 1 N–H and O–H groups in total. The summed E-state index contributed by atoms with van der Waals surface area (Å²) in [7, 11) is 2.18. The standard InChI is InChI=1S/C14H25N3/c1-5-12(3)10-17(4)11-13-8-7-9-16-14(13)15-6-2/h7-9,12H,5-6,10-11H2,1-4H3,(H,15,16). The van der Waals surface area contributed by atoms with E-state index < -0.39 is 0 Å². The van der Waals surface area contributed by atoms with Gasteiger partial charge in [0, 0.05) is 31.4 Å². The van der Waals surface area contributed by atoms with Crippen molar-refractivity contribution < 1.29 is 0 Å². The van der Waals surface area contributed by atoms with Crippen LogP contribution in [0.2, 0.25) is 0 Å². The number of nitrogens with zero attached hydrogens (tertiary/aromatic N) is 2. The minimum absolute atomic E-state index is 0.749. The molecule has 17 heavy (non-hydrogen) atoms. The molecule has 1 rings (SSSR count). The molecule has 0 spiro atoms. The SMILES string of the molecule is CCNc1ncccc1CN(C)CC(C)CC. The lowest BCUT2D eigenvalue weighted by Crippen LogP contribution is -2.24. The van der Waals surface area contributed by atoms with Gasteiger partial charge >= 0.3 is 0 Å². The summed E-state index contributed by atoms with van der Waals surface area (Å²) in [4.78, 5) is 6.75. The fraction of sp³-hybridized carbons (Fsp3) is 0.643. The molecule has 1 atom stereocenters. The minimum atomic E-state index is 0.749. The van der Waals surface area contributed by atoms with E-state index in [0.29, 0.717) is 0 Å². The van der Waals surface area contributed by atoms with Gasteiger partial charge < -0.3 is 10.2 Å². The van der Waals surface area contributed by atoms with E-state index in [4.69, 9.17) is 0 Å². The molecule has 0 bridgehead atoms. The van der Waals surface area contributed by atoms with Gasteiger partial charge in [-0.15, -0.1) is 0 Å². The topological polar surface area (TPSA) is 28.2 Å². The maximum Gasteiger partial charge on any atom is 0.130 e. The first-order valence-corrected chi connectivity index (χ1v) is 6.53. The van der Waals surface area contributed by atoms with Crippen LogP contribution in [0.1, 0.15) is 32.8 Å². The van der Waals surface area contributed by atoms with Gasteiger partial charge in [-0.3, -0.25) is 0 Å². The predicted octanol–water partition coefficient (Wildman–Crippen LogP) is 2.99. The van der Waals surface area contributed by atoms with Crippen LogP contribution in [0, 0.1) is 5.92 Å². The van der Waals surface area contributed by atoms with Crippen molar-refractivity contribution in [1.29, 1.82) is 0 Å². The summed E-state index contributed by atoms with van der Waals surface area (Å²) in [5.41, 5.74) is 1.28. The summed E-state index contributed by atoms with van der Waals surface area (Å²) < 4.78 is 0. The van der Waals surface area contributed by atoms with E-state index in [1.54, 1.807) is 0 Å². The minimum Gasteiger partial charge on any atom is -0.370 e. The van der Waals surface area contributed by atoms with Gasteiger partial charge in [-0.25, -0.2) is 4.98 Å². The van der Waals surface area contributed by atoms with Crippen LogP contribution >= 0.6 is 0 Å². The Labute approximate surface area is 105 Å². The summed E-state index contributed by atoms with van der Waals surface area (Å²) in [6.07, 6.45) is 3.08. The largest absolute Gasteiger partial charge is 0.370 e. The molecular weight excluding hydrogens is 210 g/mol. The van der Waals surface area contributed by atoms with Crippen molar-refractivity contribution in [2.24, 2.45) is 5.92 Å². The molecule has 0 radical (unpaired) electrons. The molecule has 0 aromatic carbocycles. The number of hydrogen-bond donors (Lipinski definition) is 1. The Balaban J connectivity index is 2.60. The quantitative estimate of drug-likeness (QED) is 0.787. The normalized spacial score (nSPS) is 12.8. The van der Waals surface area contributed by atoms with Crippen LogP contribution in [-0.2, 0) is 6.54 Å². The summed E-state index contributed by atoms with van der Waals surface area (Å²) >= 11 is 0. The van der Waals surface area contributed by atoms with Crippen molar-refractivity contribution in [2.45, 2.75) is 33.7 Å². The zero-order valence-corrected chi connectivity index (χ0v) is 11.5. The molecule has 1 aromatic rings. The second-order valence-corrected chi connectivity index (χ2v) is 4.75. The van der Waals surface area contributed by atoms with E-state index in [2.05, 4.69) is 49.1 Å². The van der Waals surface area contributed by atoms with Crippen LogP contribution in [0.5, 0.6) is 0 Å². The number of aromatic nitrogens is 1. The van der Waals surface area contributed by atoms with Crippen molar-refractivity contribution in [1.82, 2.24) is 9.88 Å². The Kier molecular flexibility index (Phi) is 5.98. The molecule has 96 valence electrons. The van der Waals surface area contributed by atoms with Crippen LogP contribution in [0.15, 0.2) is 18.3 Å². The third-order valence-electron chi connectivity index (χ3n) is 3.00. The molecule has 0 amide bonds. The molecule has 3 nitrogen and oxygen atoms in total. The molecule has 0 aliphatic rings. The molecule has 0 aliphatic heterocycles. The highest BCUT2D eigenvalue weighted by atomic mass is 15.1. The predicted molar refractivity (Wildman–Crippen MR) is 74.2 cm³/mol. The van der Waals surface area contributed by atoms with Gasteiger partial charge in [0.15, 0.2) is 0 Å². The monoisotopic (exact) mass is 235 g/mol. The van der Waals surface area contributed by atoms with Crippen LogP contribution in [0.25, 0.3) is 0 Å². The first-order chi connectivity index (χ1) is 8.17. The average Bonchev–Trinajstić information content (AvgIpc) is 2.31. The van der Waals surface area contributed by atoms with E-state index in [0.717, 1.165) is 31.4 Å². The van der Waals surface area contributed by atoms with Crippen molar-refractivity contribution in [3.05, 3.63) is 23.9 Å². The van der Waals surface area contributed by atoms with Crippen molar-refractivity contribution in [3.63, 3.8) is 0 Å². The second kappa shape index (κ2) is 7.28. The van der Waals surface area contributed by atoms with Crippen LogP contribution < -0.4 is 5.32 Å². The average molecular weight is 235 g/mol. The van der Waals surface area contributed by atoms with Gasteiger partial charge in [-0.05, 0) is 26.0 Å². The number of rotatable bonds is 7. The molecule has 0 fully saturated rings. The van der Waals surface area contributed by atoms with Gasteiger partial charge in [0.25, 0.3) is 0 Å². The number of nitrogens with one attached hydrogen (secondary N) is 1. The molecule has 1 aromatic heterocycles. The van der Waals surface area contributed by atoms with Crippen molar-refractivity contribution >= 4 is 5.82 Å². The highest BCUT2D eigenvalue weighted by Crippen LogP contribution is 2.14. The maximum absolute atomic E-state index is 4.38. The summed E-state index contributed by atoms with van der Waals surface area (Å²) in [6.45, 7) is 9.65. The second-order valence-electron chi connectivity index (χ2n) is 4.75. The lowest BCUT2D eigenvalue weighted by Gasteiger charge is -2.21. The van der Waals surface area contributed by atoms with Crippen LogP contribution in [0.4, 0.5) is 5.82 Å². The molecule has 0 aliphatic carbocycles. The smallest absolute Gasteiger partial charge is 0.130 e. The zero-order chi connectivity index (χ0) is 12.7. The number of pyridine rings is 1. The first-order valence-electron chi connectivity index (χ1n) is 6.53. The van der Waals surface area contributed by atoms with Gasteiger partial charge in [0.2, 0.25) is 0 Å². The Bertz CT molecular complexity index is 325. The molecule has 1 heterocycles. The summed E-state index contributed by atoms with van der Waals surface area (Å²) in [6, 6.07) is 4.16. The fourth-order valence-electron chi connectivity index (χ4n) is 1.91. The third-order valence-corrected chi connectivity index (χ3v) is 3.00. The van der Waals surface area contributed by atoms with Gasteiger partial charge in [-0.2, -0.15) is 0 Å². The van der Waals surface area contributed by atoms with Crippen molar-refractivity contribution in [3.8, 4) is 0 Å². The zero-order valence-electron chi connectivity index (χ0n) is 11.5. The Hall–Kier alpha value is -1.09. The van der Waals surface area contributed by atoms with Crippen molar-refractivity contribution in [2.75, 3.05) is 25.5 Å². The summed E-state index contributed by atoms with van der Waals surface area (Å²) in [5, 5.41) is 3.31. The summed E-state index contributed by atoms with van der Waals surface area (Å²) in [5.74, 6) is 1.77. The molecule has 0 saturated carbocycles. The maximum atomic E-state index is 4.38. The van der Waals surface area contributed by atoms with E-state index >= 15 is 0 Å².